The fraction of sp³-hybridized carbons (Fsp3) is 1.00. The summed E-state index contributed by atoms with van der Waals surface area (Å²) < 4.78 is 5.77. The second-order valence-corrected chi connectivity index (χ2v) is 5.32. The van der Waals surface area contributed by atoms with Crippen LogP contribution in [0, 0.1) is 11.8 Å². The van der Waals surface area contributed by atoms with E-state index in [0.717, 1.165) is 0 Å². The number of hydrogen-bond donors (Lipinski definition) is 1. The van der Waals surface area contributed by atoms with E-state index in [0.29, 0.717) is 18.4 Å². The van der Waals surface area contributed by atoms with Crippen molar-refractivity contribution in [1.29, 1.82) is 0 Å². The molecule has 0 aliphatic heterocycles. The summed E-state index contributed by atoms with van der Waals surface area (Å²) in [6, 6.07) is 0. The fourth-order valence-electron chi connectivity index (χ4n) is 1.86. The largest absolute Gasteiger partial charge is 0.391 e. The Hall–Kier alpha value is -0.0800. The molecule has 0 bridgehead atoms. The first-order valence-corrected chi connectivity index (χ1v) is 6.13. The van der Waals surface area contributed by atoms with Gasteiger partial charge in [0.1, 0.15) is 0 Å². The lowest BCUT2D eigenvalue weighted by Gasteiger charge is -2.36. The highest BCUT2D eigenvalue weighted by Gasteiger charge is 2.30. The second-order valence-electron chi connectivity index (χ2n) is 5.32. The molecule has 0 saturated carbocycles. The van der Waals surface area contributed by atoms with Crippen molar-refractivity contribution in [3.8, 4) is 0 Å². The van der Waals surface area contributed by atoms with Gasteiger partial charge in [0, 0.05) is 0 Å². The van der Waals surface area contributed by atoms with Crippen molar-refractivity contribution in [2.75, 3.05) is 6.61 Å². The number of ether oxygens (including phenoxy) is 1. The van der Waals surface area contributed by atoms with Gasteiger partial charge in [-0.25, -0.2) is 0 Å². The molecule has 0 saturated heterocycles. The standard InChI is InChI=1S/C13H28O2/c1-7-8-10(2)12(4)13(5,6)15-9-11(3)14/h10-12,14H,7-9H2,1-6H3. The number of hydrogen-bond acceptors (Lipinski definition) is 2. The Morgan fingerprint density at radius 1 is 1.20 bits per heavy atom. The minimum Gasteiger partial charge on any atom is -0.391 e. The average Bonchev–Trinajstić information content (AvgIpc) is 2.14. The summed E-state index contributed by atoms with van der Waals surface area (Å²) in [5.41, 5.74) is -0.147. The molecule has 0 aromatic rings. The van der Waals surface area contributed by atoms with Gasteiger partial charge in [0.2, 0.25) is 0 Å². The lowest BCUT2D eigenvalue weighted by molar-refractivity contribution is -0.0954. The highest BCUT2D eigenvalue weighted by atomic mass is 16.5. The summed E-state index contributed by atoms with van der Waals surface area (Å²) in [5, 5.41) is 9.21. The van der Waals surface area contributed by atoms with E-state index in [1.807, 2.05) is 0 Å². The Morgan fingerprint density at radius 3 is 2.13 bits per heavy atom. The molecule has 1 N–H and O–H groups in total. The molecule has 0 radical (unpaired) electrons. The minimum atomic E-state index is -0.377. The molecular formula is C13H28O2. The SMILES string of the molecule is CCCC(C)C(C)C(C)(C)OCC(C)O. The zero-order valence-electron chi connectivity index (χ0n) is 11.2. The summed E-state index contributed by atoms with van der Waals surface area (Å²) >= 11 is 0. The third-order valence-corrected chi connectivity index (χ3v) is 3.39. The first-order valence-electron chi connectivity index (χ1n) is 6.13. The summed E-state index contributed by atoms with van der Waals surface area (Å²) in [4.78, 5) is 0. The van der Waals surface area contributed by atoms with E-state index in [1.54, 1.807) is 6.92 Å². The van der Waals surface area contributed by atoms with Crippen molar-refractivity contribution in [2.45, 2.75) is 66.1 Å². The van der Waals surface area contributed by atoms with Gasteiger partial charge in [-0.2, -0.15) is 0 Å². The van der Waals surface area contributed by atoms with Crippen LogP contribution in [0.15, 0.2) is 0 Å². The van der Waals surface area contributed by atoms with Crippen LogP contribution in [-0.2, 0) is 4.74 Å². The second kappa shape index (κ2) is 6.49. The first kappa shape index (κ1) is 14.9. The lowest BCUT2D eigenvalue weighted by atomic mass is 9.80. The van der Waals surface area contributed by atoms with Gasteiger partial charge in [0.15, 0.2) is 0 Å². The minimum absolute atomic E-state index is 0.147. The van der Waals surface area contributed by atoms with E-state index in [4.69, 9.17) is 4.74 Å². The predicted molar refractivity (Wildman–Crippen MR) is 64.9 cm³/mol. The molecule has 2 nitrogen and oxygen atoms in total. The molecule has 3 unspecified atom stereocenters. The quantitative estimate of drug-likeness (QED) is 0.708. The molecule has 92 valence electrons. The van der Waals surface area contributed by atoms with E-state index in [-0.39, 0.29) is 11.7 Å². The monoisotopic (exact) mass is 216 g/mol. The Balaban J connectivity index is 4.17. The van der Waals surface area contributed by atoms with E-state index >= 15 is 0 Å². The van der Waals surface area contributed by atoms with Crippen LogP contribution >= 0.6 is 0 Å². The van der Waals surface area contributed by atoms with Crippen LogP contribution in [0.25, 0.3) is 0 Å². The fourth-order valence-corrected chi connectivity index (χ4v) is 1.86. The number of aliphatic hydroxyl groups excluding tert-OH is 1. The van der Waals surface area contributed by atoms with E-state index in [1.165, 1.54) is 12.8 Å². The molecule has 15 heavy (non-hydrogen) atoms. The van der Waals surface area contributed by atoms with Crippen LogP contribution in [0.1, 0.15) is 54.4 Å². The highest BCUT2D eigenvalue weighted by Crippen LogP contribution is 2.30. The number of aliphatic hydroxyl groups is 1. The van der Waals surface area contributed by atoms with Gasteiger partial charge in [0.05, 0.1) is 18.3 Å². The molecule has 0 fully saturated rings. The number of rotatable bonds is 7. The van der Waals surface area contributed by atoms with Crippen molar-refractivity contribution < 1.29 is 9.84 Å². The van der Waals surface area contributed by atoms with Crippen LogP contribution in [-0.4, -0.2) is 23.4 Å². The third-order valence-electron chi connectivity index (χ3n) is 3.39. The molecule has 0 spiro atoms. The van der Waals surface area contributed by atoms with Gasteiger partial charge in [-0.15, -0.1) is 0 Å². The summed E-state index contributed by atoms with van der Waals surface area (Å²) in [7, 11) is 0. The van der Waals surface area contributed by atoms with Crippen molar-refractivity contribution in [1.82, 2.24) is 0 Å². The molecule has 0 rings (SSSR count). The van der Waals surface area contributed by atoms with Gasteiger partial charge < -0.3 is 9.84 Å². The van der Waals surface area contributed by atoms with Crippen LogP contribution in [0.3, 0.4) is 0 Å². The molecule has 0 amide bonds. The van der Waals surface area contributed by atoms with Gasteiger partial charge >= 0.3 is 0 Å². The normalized spacial score (nSPS) is 18.6. The maximum Gasteiger partial charge on any atom is 0.0745 e. The van der Waals surface area contributed by atoms with E-state index in [9.17, 15) is 5.11 Å². The van der Waals surface area contributed by atoms with Gasteiger partial charge in [-0.1, -0.05) is 33.6 Å². The highest BCUT2D eigenvalue weighted by molar-refractivity contribution is 4.80. The molecule has 0 aromatic heterocycles. The van der Waals surface area contributed by atoms with Crippen molar-refractivity contribution >= 4 is 0 Å². The molecule has 0 aromatic carbocycles. The van der Waals surface area contributed by atoms with Crippen LogP contribution in [0.4, 0.5) is 0 Å². The molecule has 2 heteroatoms. The first-order chi connectivity index (χ1) is 6.81. The van der Waals surface area contributed by atoms with Gasteiger partial charge in [-0.05, 0) is 32.6 Å². The predicted octanol–water partition coefficient (Wildman–Crippen LogP) is 3.23. The Bertz CT molecular complexity index is 164. The van der Waals surface area contributed by atoms with Crippen molar-refractivity contribution in [2.24, 2.45) is 11.8 Å². The van der Waals surface area contributed by atoms with Gasteiger partial charge in [-0.3, -0.25) is 0 Å². The molecule has 0 aliphatic carbocycles. The molecule has 0 heterocycles. The van der Waals surface area contributed by atoms with Crippen molar-refractivity contribution in [3.63, 3.8) is 0 Å². The lowest BCUT2D eigenvalue weighted by Crippen LogP contribution is -2.38. The Morgan fingerprint density at radius 2 is 1.73 bits per heavy atom. The average molecular weight is 216 g/mol. The maximum atomic E-state index is 9.21. The topological polar surface area (TPSA) is 29.5 Å². The Labute approximate surface area is 95.0 Å². The zero-order valence-corrected chi connectivity index (χ0v) is 11.2. The summed E-state index contributed by atoms with van der Waals surface area (Å²) in [5.74, 6) is 1.18. The zero-order chi connectivity index (χ0) is 12.1. The van der Waals surface area contributed by atoms with Crippen LogP contribution in [0.5, 0.6) is 0 Å². The van der Waals surface area contributed by atoms with Gasteiger partial charge in [0.25, 0.3) is 0 Å². The Kier molecular flexibility index (Phi) is 6.46. The summed E-state index contributed by atoms with van der Waals surface area (Å²) in [6.45, 7) is 13.2. The van der Waals surface area contributed by atoms with Crippen molar-refractivity contribution in [3.05, 3.63) is 0 Å². The van der Waals surface area contributed by atoms with Crippen LogP contribution < -0.4 is 0 Å². The molecule has 0 aliphatic rings. The smallest absolute Gasteiger partial charge is 0.0745 e. The van der Waals surface area contributed by atoms with Crippen LogP contribution in [0.2, 0.25) is 0 Å². The van der Waals surface area contributed by atoms with E-state index in [2.05, 4.69) is 34.6 Å². The molecule has 3 atom stereocenters. The maximum absolute atomic E-state index is 9.21. The van der Waals surface area contributed by atoms with E-state index < -0.39 is 0 Å². The molecular weight excluding hydrogens is 188 g/mol. The third kappa shape index (κ3) is 5.53. The summed E-state index contributed by atoms with van der Waals surface area (Å²) in [6.07, 6.45) is 2.08.